The van der Waals surface area contributed by atoms with Gasteiger partial charge in [0.15, 0.2) is 0 Å². The van der Waals surface area contributed by atoms with Gasteiger partial charge in [0.25, 0.3) is 5.91 Å². The van der Waals surface area contributed by atoms with Crippen LogP contribution in [0, 0.1) is 0 Å². The Hall–Kier alpha value is -3.08. The van der Waals surface area contributed by atoms with Crippen LogP contribution in [0.3, 0.4) is 0 Å². The minimum absolute atomic E-state index is 0.0323. The summed E-state index contributed by atoms with van der Waals surface area (Å²) in [5.41, 5.74) is 2.20. The molecule has 0 N–H and O–H groups in total. The van der Waals surface area contributed by atoms with Crippen LogP contribution in [0.5, 0.6) is 5.75 Å². The molecule has 1 aliphatic heterocycles. The first-order valence-electron chi connectivity index (χ1n) is 8.70. The highest BCUT2D eigenvalue weighted by molar-refractivity contribution is 6.14. The van der Waals surface area contributed by atoms with Gasteiger partial charge in [-0.1, -0.05) is 18.2 Å². The Balaban J connectivity index is 1.84. The number of carbonyl (C=O) groups excluding carboxylic acids is 1. The second kappa shape index (κ2) is 6.33. The fourth-order valence-electron chi connectivity index (χ4n) is 3.58. The fourth-order valence-corrected chi connectivity index (χ4v) is 3.58. The molecule has 0 spiro atoms. The van der Waals surface area contributed by atoms with Gasteiger partial charge >= 0.3 is 5.63 Å². The minimum atomic E-state index is -0.547. The highest BCUT2D eigenvalue weighted by Gasteiger charge is 2.32. The van der Waals surface area contributed by atoms with E-state index in [4.69, 9.17) is 9.15 Å². The van der Waals surface area contributed by atoms with Crippen LogP contribution < -0.4 is 15.3 Å². The highest BCUT2D eigenvalue weighted by atomic mass is 16.5. The molecule has 1 amide bonds. The van der Waals surface area contributed by atoms with Gasteiger partial charge < -0.3 is 14.1 Å². The van der Waals surface area contributed by atoms with E-state index in [2.05, 4.69) is 0 Å². The van der Waals surface area contributed by atoms with E-state index in [-0.39, 0.29) is 11.9 Å². The molecule has 0 fully saturated rings. The molecule has 2 heterocycles. The number of fused-ring (bicyclic) bond motifs is 2. The second-order valence-corrected chi connectivity index (χ2v) is 6.43. The number of carbonyl (C=O) groups is 1. The molecule has 5 nitrogen and oxygen atoms in total. The molecule has 3 aromatic rings. The summed E-state index contributed by atoms with van der Waals surface area (Å²) in [5, 5.41) is 0.606. The average Bonchev–Trinajstić information content (AvgIpc) is 2.96. The van der Waals surface area contributed by atoms with Crippen LogP contribution in [0.15, 0.2) is 57.7 Å². The Bertz CT molecular complexity index is 1050. The second-order valence-electron chi connectivity index (χ2n) is 6.43. The number of hydrogen-bond acceptors (Lipinski definition) is 4. The Kier molecular flexibility index (Phi) is 3.99. The van der Waals surface area contributed by atoms with Gasteiger partial charge in [-0.15, -0.1) is 0 Å². The smallest absolute Gasteiger partial charge is 0.337 e. The Morgan fingerprint density at radius 3 is 2.85 bits per heavy atom. The van der Waals surface area contributed by atoms with E-state index in [0.717, 1.165) is 17.7 Å². The lowest BCUT2D eigenvalue weighted by Gasteiger charge is -2.23. The van der Waals surface area contributed by atoms with Crippen LogP contribution in [0.25, 0.3) is 11.0 Å². The van der Waals surface area contributed by atoms with E-state index in [1.54, 1.807) is 23.1 Å². The summed E-state index contributed by atoms with van der Waals surface area (Å²) in [6.07, 6.45) is 0.801. The fraction of sp³-hybridized carbons (Fsp3) is 0.238. The number of hydrogen-bond donors (Lipinski definition) is 0. The van der Waals surface area contributed by atoms with Crippen LogP contribution in [-0.4, -0.2) is 18.6 Å². The molecular formula is C21H19NO4. The zero-order chi connectivity index (χ0) is 18.3. The SMILES string of the molecule is CCOc1ccc2c(C(=O)N3c4ccccc4CC3C)cc(=O)oc2c1. The molecular weight excluding hydrogens is 330 g/mol. The topological polar surface area (TPSA) is 59.8 Å². The van der Waals surface area contributed by atoms with Crippen molar-refractivity contribution in [3.63, 3.8) is 0 Å². The molecule has 1 unspecified atom stereocenters. The van der Waals surface area contributed by atoms with Gasteiger partial charge in [-0.2, -0.15) is 0 Å². The third kappa shape index (κ3) is 2.65. The minimum Gasteiger partial charge on any atom is -0.494 e. The van der Waals surface area contributed by atoms with Crippen LogP contribution in [0.2, 0.25) is 0 Å². The van der Waals surface area contributed by atoms with E-state index in [1.165, 1.54) is 6.07 Å². The highest BCUT2D eigenvalue weighted by Crippen LogP contribution is 2.34. The number of nitrogens with zero attached hydrogens (tertiary/aromatic N) is 1. The number of benzene rings is 2. The molecule has 0 radical (unpaired) electrons. The van der Waals surface area contributed by atoms with Gasteiger partial charge in [0.2, 0.25) is 0 Å². The molecule has 0 aliphatic carbocycles. The normalized spacial score (nSPS) is 15.9. The summed E-state index contributed by atoms with van der Waals surface area (Å²) in [4.78, 5) is 27.1. The first-order valence-corrected chi connectivity index (χ1v) is 8.70. The predicted molar refractivity (Wildman–Crippen MR) is 100 cm³/mol. The van der Waals surface area contributed by atoms with Gasteiger partial charge in [-0.3, -0.25) is 4.79 Å². The van der Waals surface area contributed by atoms with Gasteiger partial charge in [-0.05, 0) is 44.0 Å². The first-order chi connectivity index (χ1) is 12.6. The van der Waals surface area contributed by atoms with Crippen molar-refractivity contribution in [3.8, 4) is 5.75 Å². The lowest BCUT2D eigenvalue weighted by molar-refractivity contribution is 0.0982. The van der Waals surface area contributed by atoms with Crippen molar-refractivity contribution in [2.24, 2.45) is 0 Å². The monoisotopic (exact) mass is 349 g/mol. The van der Waals surface area contributed by atoms with Crippen molar-refractivity contribution in [2.75, 3.05) is 11.5 Å². The number of amides is 1. The van der Waals surface area contributed by atoms with Gasteiger partial charge in [0, 0.05) is 29.2 Å². The molecule has 0 bridgehead atoms. The van der Waals surface area contributed by atoms with Crippen molar-refractivity contribution in [1.29, 1.82) is 0 Å². The summed E-state index contributed by atoms with van der Waals surface area (Å²) in [7, 11) is 0. The summed E-state index contributed by atoms with van der Waals surface area (Å²) in [5.74, 6) is 0.414. The van der Waals surface area contributed by atoms with Crippen molar-refractivity contribution >= 4 is 22.6 Å². The van der Waals surface area contributed by atoms with Gasteiger partial charge in [0.05, 0.1) is 12.2 Å². The van der Waals surface area contributed by atoms with Crippen LogP contribution >= 0.6 is 0 Å². The quantitative estimate of drug-likeness (QED) is 0.675. The summed E-state index contributed by atoms with van der Waals surface area (Å²) in [6.45, 7) is 4.40. The van der Waals surface area contributed by atoms with Gasteiger partial charge in [0.1, 0.15) is 11.3 Å². The molecule has 0 saturated heterocycles. The zero-order valence-electron chi connectivity index (χ0n) is 14.7. The van der Waals surface area contributed by atoms with E-state index in [9.17, 15) is 9.59 Å². The zero-order valence-corrected chi connectivity index (χ0v) is 14.7. The molecule has 0 saturated carbocycles. The van der Waals surface area contributed by atoms with Gasteiger partial charge in [-0.25, -0.2) is 4.79 Å². The maximum absolute atomic E-state index is 13.3. The lowest BCUT2D eigenvalue weighted by atomic mass is 10.1. The standard InChI is InChI=1S/C21H19NO4/c1-3-25-15-8-9-16-17(12-20(23)26-19(16)11-15)21(24)22-13(2)10-14-6-4-5-7-18(14)22/h4-9,11-13H,3,10H2,1-2H3. The largest absolute Gasteiger partial charge is 0.494 e. The molecule has 1 aliphatic rings. The summed E-state index contributed by atoms with van der Waals surface area (Å²) < 4.78 is 10.8. The molecule has 26 heavy (non-hydrogen) atoms. The van der Waals surface area contributed by atoms with E-state index < -0.39 is 5.63 Å². The molecule has 132 valence electrons. The van der Waals surface area contributed by atoms with Crippen molar-refractivity contribution in [3.05, 3.63) is 70.1 Å². The van der Waals surface area contributed by atoms with Crippen LogP contribution in [-0.2, 0) is 6.42 Å². The predicted octanol–water partition coefficient (Wildman–Crippen LogP) is 3.78. The summed E-state index contributed by atoms with van der Waals surface area (Å²) in [6, 6.07) is 14.4. The van der Waals surface area contributed by atoms with E-state index in [1.807, 2.05) is 38.1 Å². The van der Waals surface area contributed by atoms with Crippen molar-refractivity contribution in [1.82, 2.24) is 0 Å². The van der Waals surface area contributed by atoms with Crippen LogP contribution in [0.4, 0.5) is 5.69 Å². The number of ether oxygens (including phenoxy) is 1. The Labute approximate surface area is 150 Å². The number of para-hydroxylation sites is 1. The molecule has 5 heteroatoms. The lowest BCUT2D eigenvalue weighted by Crippen LogP contribution is -2.36. The number of anilines is 1. The molecule has 4 rings (SSSR count). The Morgan fingerprint density at radius 1 is 1.23 bits per heavy atom. The molecule has 1 aromatic heterocycles. The number of rotatable bonds is 3. The third-order valence-corrected chi connectivity index (χ3v) is 4.68. The summed E-state index contributed by atoms with van der Waals surface area (Å²) >= 11 is 0. The van der Waals surface area contributed by atoms with Crippen LogP contribution in [0.1, 0.15) is 29.8 Å². The average molecular weight is 349 g/mol. The van der Waals surface area contributed by atoms with E-state index >= 15 is 0 Å². The molecule has 2 aromatic carbocycles. The maximum Gasteiger partial charge on any atom is 0.337 e. The Morgan fingerprint density at radius 2 is 2.04 bits per heavy atom. The molecule has 1 atom stereocenters. The maximum atomic E-state index is 13.3. The van der Waals surface area contributed by atoms with Crippen molar-refractivity contribution < 1.29 is 13.9 Å². The van der Waals surface area contributed by atoms with Crippen molar-refractivity contribution in [2.45, 2.75) is 26.3 Å². The van der Waals surface area contributed by atoms with E-state index in [0.29, 0.717) is 28.9 Å². The first kappa shape index (κ1) is 16.4. The third-order valence-electron chi connectivity index (χ3n) is 4.68.